The molecule has 0 aliphatic heterocycles. The van der Waals surface area contributed by atoms with Gasteiger partial charge in [0.15, 0.2) is 6.10 Å². The predicted molar refractivity (Wildman–Crippen MR) is 83.1 cm³/mol. The Hall–Kier alpha value is -1.75. The minimum Gasteiger partial charge on any atom is -0.480 e. The van der Waals surface area contributed by atoms with Crippen molar-refractivity contribution in [3.63, 3.8) is 0 Å². The molecule has 1 unspecified atom stereocenters. The highest BCUT2D eigenvalue weighted by Crippen LogP contribution is 2.29. The van der Waals surface area contributed by atoms with Gasteiger partial charge in [-0.3, -0.25) is 4.79 Å². The lowest BCUT2D eigenvalue weighted by Gasteiger charge is -2.34. The fourth-order valence-corrected chi connectivity index (χ4v) is 2.85. The van der Waals surface area contributed by atoms with Crippen LogP contribution in [0.25, 0.3) is 0 Å². The molecule has 0 spiro atoms. The molecule has 6 heteroatoms. The summed E-state index contributed by atoms with van der Waals surface area (Å²) >= 11 is 5.99. The van der Waals surface area contributed by atoms with E-state index in [1.807, 2.05) is 0 Å². The summed E-state index contributed by atoms with van der Waals surface area (Å²) in [7, 11) is 0. The van der Waals surface area contributed by atoms with Gasteiger partial charge in [-0.05, 0) is 31.9 Å². The van der Waals surface area contributed by atoms with Crippen LogP contribution in [0.2, 0.25) is 5.02 Å². The number of carbonyl (C=O) groups excluding carboxylic acids is 1. The largest absolute Gasteiger partial charge is 0.480 e. The molecule has 1 fully saturated rings. The molecule has 22 heavy (non-hydrogen) atoms. The second-order valence-corrected chi connectivity index (χ2v) is 6.03. The van der Waals surface area contributed by atoms with Gasteiger partial charge in [0, 0.05) is 0 Å². The van der Waals surface area contributed by atoms with Crippen LogP contribution in [0.3, 0.4) is 0 Å². The molecule has 0 aromatic heterocycles. The SMILES string of the molecule is CC(Oc1ccccc1Cl)C(=O)NC1(C(=O)O)CCCCC1. The third-order valence-corrected chi connectivity index (χ3v) is 4.30. The molecule has 2 rings (SSSR count). The summed E-state index contributed by atoms with van der Waals surface area (Å²) in [4.78, 5) is 23.9. The third-order valence-electron chi connectivity index (χ3n) is 3.99. The maximum absolute atomic E-state index is 12.3. The fourth-order valence-electron chi connectivity index (χ4n) is 2.67. The number of hydrogen-bond donors (Lipinski definition) is 2. The lowest BCUT2D eigenvalue weighted by Crippen LogP contribution is -2.58. The highest BCUT2D eigenvalue weighted by molar-refractivity contribution is 6.32. The first kappa shape index (κ1) is 16.6. The molecule has 0 bridgehead atoms. The average Bonchev–Trinajstić information content (AvgIpc) is 2.50. The van der Waals surface area contributed by atoms with Crippen molar-refractivity contribution in [1.82, 2.24) is 5.32 Å². The summed E-state index contributed by atoms with van der Waals surface area (Å²) < 4.78 is 5.54. The minimum absolute atomic E-state index is 0.403. The number of nitrogens with one attached hydrogen (secondary N) is 1. The van der Waals surface area contributed by atoms with Crippen LogP contribution in [0, 0.1) is 0 Å². The maximum atomic E-state index is 12.3. The monoisotopic (exact) mass is 325 g/mol. The van der Waals surface area contributed by atoms with Gasteiger partial charge in [0.1, 0.15) is 11.3 Å². The van der Waals surface area contributed by atoms with Gasteiger partial charge >= 0.3 is 5.97 Å². The van der Waals surface area contributed by atoms with E-state index < -0.39 is 23.5 Å². The van der Waals surface area contributed by atoms with Crippen molar-refractivity contribution >= 4 is 23.5 Å². The standard InChI is InChI=1S/C16H20ClNO4/c1-11(22-13-8-4-3-7-12(13)17)14(19)18-16(15(20)21)9-5-2-6-10-16/h3-4,7-8,11H,2,5-6,9-10H2,1H3,(H,18,19)(H,20,21). The lowest BCUT2D eigenvalue weighted by atomic mass is 9.81. The van der Waals surface area contributed by atoms with E-state index >= 15 is 0 Å². The molecule has 1 saturated carbocycles. The molecule has 1 aliphatic carbocycles. The number of amides is 1. The second-order valence-electron chi connectivity index (χ2n) is 5.63. The molecule has 1 aromatic rings. The van der Waals surface area contributed by atoms with Crippen molar-refractivity contribution in [1.29, 1.82) is 0 Å². The smallest absolute Gasteiger partial charge is 0.329 e. The number of hydrogen-bond acceptors (Lipinski definition) is 3. The summed E-state index contributed by atoms with van der Waals surface area (Å²) in [5.74, 6) is -1.02. The third kappa shape index (κ3) is 3.71. The van der Waals surface area contributed by atoms with E-state index in [4.69, 9.17) is 16.3 Å². The zero-order valence-electron chi connectivity index (χ0n) is 12.5. The van der Waals surface area contributed by atoms with Crippen LogP contribution in [0.1, 0.15) is 39.0 Å². The van der Waals surface area contributed by atoms with Crippen molar-refractivity contribution < 1.29 is 19.4 Å². The Balaban J connectivity index is 2.04. The predicted octanol–water partition coefficient (Wildman–Crippen LogP) is 3.01. The first-order valence-corrected chi connectivity index (χ1v) is 7.79. The highest BCUT2D eigenvalue weighted by atomic mass is 35.5. The molecule has 1 aromatic carbocycles. The maximum Gasteiger partial charge on any atom is 0.329 e. The van der Waals surface area contributed by atoms with E-state index in [1.165, 1.54) is 0 Å². The molecule has 1 amide bonds. The topological polar surface area (TPSA) is 75.6 Å². The summed E-state index contributed by atoms with van der Waals surface area (Å²) in [5.41, 5.74) is -1.17. The average molecular weight is 326 g/mol. The number of benzene rings is 1. The summed E-state index contributed by atoms with van der Waals surface area (Å²) in [6.45, 7) is 1.58. The van der Waals surface area contributed by atoms with E-state index in [9.17, 15) is 14.7 Å². The second kappa shape index (κ2) is 7.01. The Kier molecular flexibility index (Phi) is 5.29. The molecule has 2 N–H and O–H groups in total. The number of carboxylic acid groups (broad SMARTS) is 1. The molecule has 120 valence electrons. The zero-order valence-corrected chi connectivity index (χ0v) is 13.2. The number of ether oxygens (including phenoxy) is 1. The van der Waals surface area contributed by atoms with Crippen LogP contribution in [0.15, 0.2) is 24.3 Å². The first-order valence-electron chi connectivity index (χ1n) is 7.41. The number of carbonyl (C=O) groups is 2. The van der Waals surface area contributed by atoms with Gasteiger partial charge in [-0.25, -0.2) is 4.79 Å². The first-order chi connectivity index (χ1) is 10.4. The van der Waals surface area contributed by atoms with E-state index in [0.29, 0.717) is 23.6 Å². The van der Waals surface area contributed by atoms with Crippen molar-refractivity contribution in [3.05, 3.63) is 29.3 Å². The van der Waals surface area contributed by atoms with Crippen molar-refractivity contribution in [2.45, 2.75) is 50.7 Å². The highest BCUT2D eigenvalue weighted by Gasteiger charge is 2.41. The van der Waals surface area contributed by atoms with Gasteiger partial charge in [-0.2, -0.15) is 0 Å². The number of aliphatic carboxylic acids is 1. The minimum atomic E-state index is -1.17. The van der Waals surface area contributed by atoms with E-state index in [1.54, 1.807) is 31.2 Å². The Labute approximate surface area is 134 Å². The Morgan fingerprint density at radius 3 is 2.50 bits per heavy atom. The Bertz CT molecular complexity index is 555. The molecule has 5 nitrogen and oxygen atoms in total. The number of carboxylic acids is 1. The molecule has 1 aliphatic rings. The normalized spacial score (nSPS) is 18.3. The quantitative estimate of drug-likeness (QED) is 0.872. The molecule has 1 atom stereocenters. The lowest BCUT2D eigenvalue weighted by molar-refractivity contribution is -0.150. The van der Waals surface area contributed by atoms with Crippen molar-refractivity contribution in [2.24, 2.45) is 0 Å². The van der Waals surface area contributed by atoms with Crippen molar-refractivity contribution in [3.8, 4) is 5.75 Å². The summed E-state index contributed by atoms with van der Waals surface area (Å²) in [6.07, 6.45) is 2.67. The van der Waals surface area contributed by atoms with Gasteiger partial charge in [0.05, 0.1) is 5.02 Å². The Morgan fingerprint density at radius 1 is 1.27 bits per heavy atom. The zero-order chi connectivity index (χ0) is 16.2. The van der Waals surface area contributed by atoms with Crippen LogP contribution in [-0.4, -0.2) is 28.6 Å². The van der Waals surface area contributed by atoms with Gasteiger partial charge < -0.3 is 15.2 Å². The number of para-hydroxylation sites is 1. The van der Waals surface area contributed by atoms with Crippen molar-refractivity contribution in [2.75, 3.05) is 0 Å². The molecular weight excluding hydrogens is 306 g/mol. The Morgan fingerprint density at radius 2 is 1.91 bits per heavy atom. The van der Waals surface area contributed by atoms with Crippen LogP contribution < -0.4 is 10.1 Å². The fraction of sp³-hybridized carbons (Fsp3) is 0.500. The number of halogens is 1. The number of rotatable bonds is 5. The van der Waals surface area contributed by atoms with Gasteiger partial charge in [0.2, 0.25) is 0 Å². The van der Waals surface area contributed by atoms with Gasteiger partial charge in [-0.1, -0.05) is 43.0 Å². The van der Waals surface area contributed by atoms with Gasteiger partial charge in [0.25, 0.3) is 5.91 Å². The van der Waals surface area contributed by atoms with E-state index in [0.717, 1.165) is 19.3 Å². The molecule has 0 radical (unpaired) electrons. The molecule has 0 saturated heterocycles. The summed E-state index contributed by atoms with van der Waals surface area (Å²) in [6, 6.07) is 6.86. The van der Waals surface area contributed by atoms with E-state index in [-0.39, 0.29) is 0 Å². The molecular formula is C16H20ClNO4. The van der Waals surface area contributed by atoms with Crippen LogP contribution >= 0.6 is 11.6 Å². The molecule has 0 heterocycles. The van der Waals surface area contributed by atoms with Crippen LogP contribution in [-0.2, 0) is 9.59 Å². The summed E-state index contributed by atoms with van der Waals surface area (Å²) in [5, 5.41) is 12.6. The van der Waals surface area contributed by atoms with E-state index in [2.05, 4.69) is 5.32 Å². The van der Waals surface area contributed by atoms with Gasteiger partial charge in [-0.15, -0.1) is 0 Å². The van der Waals surface area contributed by atoms with Crippen LogP contribution in [0.4, 0.5) is 0 Å². The van der Waals surface area contributed by atoms with Crippen LogP contribution in [0.5, 0.6) is 5.75 Å².